The molecular formula is C12H18IN3O3. The van der Waals surface area contributed by atoms with Crippen LogP contribution in [0.1, 0.15) is 24.4 Å². The minimum Gasteiger partial charge on any atom is -0.383 e. The lowest BCUT2D eigenvalue weighted by Gasteiger charge is -2.34. The van der Waals surface area contributed by atoms with E-state index in [0.29, 0.717) is 31.5 Å². The number of anilines is 1. The van der Waals surface area contributed by atoms with E-state index < -0.39 is 5.60 Å². The lowest BCUT2D eigenvalue weighted by atomic mass is 9.93. The molecule has 0 atom stereocenters. The van der Waals surface area contributed by atoms with Crippen LogP contribution >= 0.6 is 22.6 Å². The lowest BCUT2D eigenvalue weighted by Crippen LogP contribution is -2.38. The molecule has 0 bridgehead atoms. The Morgan fingerprint density at radius 1 is 1.32 bits per heavy atom. The van der Waals surface area contributed by atoms with E-state index in [-0.39, 0.29) is 0 Å². The van der Waals surface area contributed by atoms with Crippen molar-refractivity contribution in [1.29, 1.82) is 0 Å². The molecule has 0 aliphatic carbocycles. The highest BCUT2D eigenvalue weighted by atomic mass is 127. The Kier molecular flexibility index (Phi) is 4.93. The number of rotatable bonds is 4. The SMILES string of the molecule is COCc1nc(C2(OC)CCOCC2)nc(N)c1I. The molecule has 7 heteroatoms. The fourth-order valence-corrected chi connectivity index (χ4v) is 2.57. The molecule has 0 radical (unpaired) electrons. The van der Waals surface area contributed by atoms with Crippen molar-refractivity contribution in [3.05, 3.63) is 15.1 Å². The summed E-state index contributed by atoms with van der Waals surface area (Å²) in [6.45, 7) is 1.69. The van der Waals surface area contributed by atoms with Crippen molar-refractivity contribution in [2.24, 2.45) is 0 Å². The molecule has 0 aromatic carbocycles. The maximum absolute atomic E-state index is 5.97. The summed E-state index contributed by atoms with van der Waals surface area (Å²) in [6, 6.07) is 0. The smallest absolute Gasteiger partial charge is 0.163 e. The van der Waals surface area contributed by atoms with Gasteiger partial charge in [-0.1, -0.05) is 0 Å². The van der Waals surface area contributed by atoms with Crippen LogP contribution in [-0.2, 0) is 26.4 Å². The Bertz CT molecular complexity index is 450. The van der Waals surface area contributed by atoms with Crippen LogP contribution in [0.5, 0.6) is 0 Å². The first-order valence-electron chi connectivity index (χ1n) is 6.07. The molecule has 2 heterocycles. The summed E-state index contributed by atoms with van der Waals surface area (Å²) in [7, 11) is 3.31. The van der Waals surface area contributed by atoms with Gasteiger partial charge in [-0.2, -0.15) is 0 Å². The van der Waals surface area contributed by atoms with Crippen LogP contribution in [0.4, 0.5) is 5.82 Å². The van der Waals surface area contributed by atoms with Gasteiger partial charge in [0.05, 0.1) is 15.9 Å². The molecule has 0 saturated carbocycles. The van der Waals surface area contributed by atoms with Crippen molar-refractivity contribution < 1.29 is 14.2 Å². The average molecular weight is 379 g/mol. The Balaban J connectivity index is 2.42. The van der Waals surface area contributed by atoms with Crippen LogP contribution in [0.2, 0.25) is 0 Å². The van der Waals surface area contributed by atoms with E-state index in [0.717, 1.165) is 22.1 Å². The molecule has 0 unspecified atom stereocenters. The van der Waals surface area contributed by atoms with E-state index in [1.807, 2.05) is 0 Å². The van der Waals surface area contributed by atoms with Crippen molar-refractivity contribution in [3.63, 3.8) is 0 Å². The Hall–Kier alpha value is -0.510. The zero-order valence-electron chi connectivity index (χ0n) is 11.1. The molecule has 106 valence electrons. The van der Waals surface area contributed by atoms with E-state index in [9.17, 15) is 0 Å². The van der Waals surface area contributed by atoms with Gasteiger partial charge >= 0.3 is 0 Å². The molecule has 1 saturated heterocycles. The highest BCUT2D eigenvalue weighted by Crippen LogP contribution is 2.34. The fourth-order valence-electron chi connectivity index (χ4n) is 2.17. The van der Waals surface area contributed by atoms with Crippen molar-refractivity contribution in [2.45, 2.75) is 25.0 Å². The summed E-state index contributed by atoms with van der Waals surface area (Å²) in [5.41, 5.74) is 6.27. The van der Waals surface area contributed by atoms with Gasteiger partial charge < -0.3 is 19.9 Å². The number of hydrogen-bond donors (Lipinski definition) is 1. The second kappa shape index (κ2) is 6.29. The molecule has 1 aromatic rings. The van der Waals surface area contributed by atoms with Gasteiger partial charge in [-0.15, -0.1) is 0 Å². The predicted octanol–water partition coefficient (Wildman–Crippen LogP) is 1.46. The van der Waals surface area contributed by atoms with Gasteiger partial charge in [0.15, 0.2) is 5.82 Å². The maximum Gasteiger partial charge on any atom is 0.163 e. The molecule has 0 spiro atoms. The lowest BCUT2D eigenvalue weighted by molar-refractivity contribution is -0.100. The Morgan fingerprint density at radius 2 is 2.00 bits per heavy atom. The summed E-state index contributed by atoms with van der Waals surface area (Å²) in [6.07, 6.45) is 1.46. The van der Waals surface area contributed by atoms with E-state index in [4.69, 9.17) is 19.9 Å². The minimum absolute atomic E-state index is 0.411. The van der Waals surface area contributed by atoms with Gasteiger partial charge in [0.2, 0.25) is 0 Å². The van der Waals surface area contributed by atoms with Crippen LogP contribution in [0.15, 0.2) is 0 Å². The van der Waals surface area contributed by atoms with Gasteiger partial charge in [0, 0.05) is 40.3 Å². The summed E-state index contributed by atoms with van der Waals surface area (Å²) in [5, 5.41) is 0. The molecular weight excluding hydrogens is 361 g/mol. The molecule has 0 amide bonds. The summed E-state index contributed by atoms with van der Waals surface area (Å²) in [4.78, 5) is 8.99. The van der Waals surface area contributed by atoms with E-state index in [1.54, 1.807) is 14.2 Å². The number of nitrogen functional groups attached to an aromatic ring is 1. The third-order valence-electron chi connectivity index (χ3n) is 3.33. The standard InChI is InChI=1S/C12H18IN3O3/c1-17-7-8-9(13)10(14)16-11(15-8)12(18-2)3-5-19-6-4-12/h3-7H2,1-2H3,(H2,14,15,16). The Labute approximate surface area is 126 Å². The molecule has 19 heavy (non-hydrogen) atoms. The number of nitrogens with zero attached hydrogens (tertiary/aromatic N) is 2. The predicted molar refractivity (Wildman–Crippen MR) is 78.6 cm³/mol. The zero-order chi connectivity index (χ0) is 13.9. The average Bonchev–Trinajstić information content (AvgIpc) is 2.44. The molecule has 1 fully saturated rings. The second-order valence-electron chi connectivity index (χ2n) is 4.44. The first kappa shape index (κ1) is 14.9. The molecule has 2 rings (SSSR count). The van der Waals surface area contributed by atoms with Crippen LogP contribution in [-0.4, -0.2) is 37.4 Å². The number of ether oxygens (including phenoxy) is 3. The van der Waals surface area contributed by atoms with Gasteiger partial charge in [0.1, 0.15) is 11.4 Å². The molecule has 1 aliphatic rings. The first-order chi connectivity index (χ1) is 9.13. The van der Waals surface area contributed by atoms with E-state index in [2.05, 4.69) is 32.6 Å². The van der Waals surface area contributed by atoms with Gasteiger partial charge in [-0.3, -0.25) is 0 Å². The summed E-state index contributed by atoms with van der Waals surface area (Å²) in [5.74, 6) is 1.10. The first-order valence-corrected chi connectivity index (χ1v) is 7.15. The number of nitrogens with two attached hydrogens (primary N) is 1. The summed E-state index contributed by atoms with van der Waals surface area (Å²) < 4.78 is 17.1. The minimum atomic E-state index is -0.501. The van der Waals surface area contributed by atoms with Crippen LogP contribution in [0, 0.1) is 3.57 Å². The fraction of sp³-hybridized carbons (Fsp3) is 0.667. The zero-order valence-corrected chi connectivity index (χ0v) is 13.3. The quantitative estimate of drug-likeness (QED) is 0.799. The van der Waals surface area contributed by atoms with Crippen molar-refractivity contribution in [2.75, 3.05) is 33.2 Å². The van der Waals surface area contributed by atoms with Crippen LogP contribution in [0.25, 0.3) is 0 Å². The largest absolute Gasteiger partial charge is 0.383 e. The van der Waals surface area contributed by atoms with E-state index >= 15 is 0 Å². The molecule has 1 aliphatic heterocycles. The molecule has 1 aromatic heterocycles. The number of halogens is 1. The second-order valence-corrected chi connectivity index (χ2v) is 5.52. The number of methoxy groups -OCH3 is 2. The third-order valence-corrected chi connectivity index (χ3v) is 4.50. The van der Waals surface area contributed by atoms with Crippen LogP contribution < -0.4 is 5.73 Å². The number of hydrogen-bond acceptors (Lipinski definition) is 6. The maximum atomic E-state index is 5.97. The third kappa shape index (κ3) is 2.99. The van der Waals surface area contributed by atoms with Gasteiger partial charge in [-0.05, 0) is 22.6 Å². The van der Waals surface area contributed by atoms with Gasteiger partial charge in [0.25, 0.3) is 0 Å². The van der Waals surface area contributed by atoms with Crippen molar-refractivity contribution in [3.8, 4) is 0 Å². The van der Waals surface area contributed by atoms with Crippen molar-refractivity contribution in [1.82, 2.24) is 9.97 Å². The van der Waals surface area contributed by atoms with Crippen LogP contribution in [0.3, 0.4) is 0 Å². The Morgan fingerprint density at radius 3 is 2.58 bits per heavy atom. The normalized spacial score (nSPS) is 18.5. The highest BCUT2D eigenvalue weighted by molar-refractivity contribution is 14.1. The molecule has 6 nitrogen and oxygen atoms in total. The van der Waals surface area contributed by atoms with E-state index in [1.165, 1.54) is 0 Å². The summed E-state index contributed by atoms with van der Waals surface area (Å²) >= 11 is 2.14. The highest BCUT2D eigenvalue weighted by Gasteiger charge is 2.38. The topological polar surface area (TPSA) is 79.5 Å². The molecule has 2 N–H and O–H groups in total. The van der Waals surface area contributed by atoms with Crippen molar-refractivity contribution >= 4 is 28.4 Å². The monoisotopic (exact) mass is 379 g/mol. The number of aromatic nitrogens is 2. The van der Waals surface area contributed by atoms with Gasteiger partial charge in [-0.25, -0.2) is 9.97 Å².